The van der Waals surface area contributed by atoms with Crippen LogP contribution in [-0.2, 0) is 4.79 Å². The molecule has 1 aliphatic carbocycles. The van der Waals surface area contributed by atoms with Crippen LogP contribution >= 0.6 is 0 Å². The zero-order chi connectivity index (χ0) is 9.68. The van der Waals surface area contributed by atoms with E-state index in [0.29, 0.717) is 6.42 Å². The Bertz CT molecular complexity index is 166. The van der Waals surface area contributed by atoms with Crippen LogP contribution < -0.4 is 11.1 Å². The highest BCUT2D eigenvalue weighted by molar-refractivity contribution is 5.76. The Balaban J connectivity index is 2.03. The van der Waals surface area contributed by atoms with Crippen LogP contribution in [0.2, 0.25) is 0 Å². The molecule has 1 saturated carbocycles. The van der Waals surface area contributed by atoms with Crippen LogP contribution in [0, 0.1) is 5.92 Å². The third-order valence-electron chi connectivity index (χ3n) is 2.78. The maximum atomic E-state index is 11.3. The van der Waals surface area contributed by atoms with Crippen LogP contribution in [0.4, 0.5) is 0 Å². The molecule has 1 fully saturated rings. The maximum absolute atomic E-state index is 11.3. The van der Waals surface area contributed by atoms with Crippen molar-refractivity contribution < 1.29 is 4.79 Å². The second kappa shape index (κ2) is 5.22. The van der Waals surface area contributed by atoms with E-state index in [0.717, 1.165) is 18.9 Å². The number of hydrogen-bond acceptors (Lipinski definition) is 2. The van der Waals surface area contributed by atoms with Crippen molar-refractivity contribution in [1.29, 1.82) is 0 Å². The molecule has 0 aliphatic heterocycles. The molecule has 3 heteroatoms. The van der Waals surface area contributed by atoms with E-state index in [4.69, 9.17) is 5.73 Å². The van der Waals surface area contributed by atoms with Gasteiger partial charge in [-0.15, -0.1) is 0 Å². The second-order valence-electron chi connectivity index (χ2n) is 3.97. The minimum absolute atomic E-state index is 0.0291. The van der Waals surface area contributed by atoms with Crippen LogP contribution in [-0.4, -0.2) is 18.5 Å². The summed E-state index contributed by atoms with van der Waals surface area (Å²) in [5.74, 6) is 0.850. The second-order valence-corrected chi connectivity index (χ2v) is 3.97. The summed E-state index contributed by atoms with van der Waals surface area (Å²) in [5.41, 5.74) is 5.67. The Kier molecular flexibility index (Phi) is 4.22. The molecule has 1 rings (SSSR count). The number of carbonyl (C=O) groups is 1. The predicted octanol–water partition coefficient (Wildman–Crippen LogP) is 1.03. The molecule has 0 aromatic rings. The van der Waals surface area contributed by atoms with Gasteiger partial charge < -0.3 is 11.1 Å². The largest absolute Gasteiger partial charge is 0.356 e. The van der Waals surface area contributed by atoms with Gasteiger partial charge in [-0.2, -0.15) is 0 Å². The van der Waals surface area contributed by atoms with Crippen LogP contribution in [0.1, 0.15) is 39.0 Å². The van der Waals surface area contributed by atoms with E-state index in [1.165, 1.54) is 19.3 Å². The molecule has 1 atom stereocenters. The van der Waals surface area contributed by atoms with Crippen LogP contribution in [0.3, 0.4) is 0 Å². The molecule has 0 saturated heterocycles. The smallest absolute Gasteiger partial charge is 0.221 e. The topological polar surface area (TPSA) is 55.1 Å². The number of nitrogens with one attached hydrogen (secondary N) is 1. The standard InChI is InChI=1S/C10H20N2O/c1-2-9(11)6-10(13)12-7-8-4-3-5-8/h8-9H,2-7,11H2,1H3,(H,12,13). The quantitative estimate of drug-likeness (QED) is 0.670. The fraction of sp³-hybridized carbons (Fsp3) is 0.900. The van der Waals surface area contributed by atoms with Crippen molar-refractivity contribution in [1.82, 2.24) is 5.32 Å². The lowest BCUT2D eigenvalue weighted by Gasteiger charge is -2.25. The average molecular weight is 184 g/mol. The molecule has 13 heavy (non-hydrogen) atoms. The fourth-order valence-corrected chi connectivity index (χ4v) is 1.41. The highest BCUT2D eigenvalue weighted by Gasteiger charge is 2.18. The molecule has 0 aromatic heterocycles. The average Bonchev–Trinajstić information content (AvgIpc) is 2.01. The van der Waals surface area contributed by atoms with E-state index in [9.17, 15) is 4.79 Å². The first-order valence-electron chi connectivity index (χ1n) is 5.24. The first-order chi connectivity index (χ1) is 6.22. The monoisotopic (exact) mass is 184 g/mol. The van der Waals surface area contributed by atoms with Gasteiger partial charge in [-0.05, 0) is 25.2 Å². The first-order valence-corrected chi connectivity index (χ1v) is 5.24. The third-order valence-corrected chi connectivity index (χ3v) is 2.78. The summed E-state index contributed by atoms with van der Waals surface area (Å²) < 4.78 is 0. The lowest BCUT2D eigenvalue weighted by Crippen LogP contribution is -2.35. The summed E-state index contributed by atoms with van der Waals surface area (Å²) in [7, 11) is 0. The van der Waals surface area contributed by atoms with Crippen molar-refractivity contribution >= 4 is 5.91 Å². The number of hydrogen-bond donors (Lipinski definition) is 2. The highest BCUT2D eigenvalue weighted by atomic mass is 16.1. The van der Waals surface area contributed by atoms with Gasteiger partial charge in [-0.3, -0.25) is 4.79 Å². The Morgan fingerprint density at radius 1 is 1.62 bits per heavy atom. The van der Waals surface area contributed by atoms with E-state index in [-0.39, 0.29) is 11.9 Å². The lowest BCUT2D eigenvalue weighted by molar-refractivity contribution is -0.121. The number of carbonyl (C=O) groups excluding carboxylic acids is 1. The van der Waals surface area contributed by atoms with E-state index >= 15 is 0 Å². The van der Waals surface area contributed by atoms with Gasteiger partial charge in [0.25, 0.3) is 0 Å². The van der Waals surface area contributed by atoms with Crippen molar-refractivity contribution in [3.05, 3.63) is 0 Å². The molecular weight excluding hydrogens is 164 g/mol. The summed E-state index contributed by atoms with van der Waals surface area (Å²) in [6.07, 6.45) is 5.23. The number of rotatable bonds is 5. The molecule has 0 radical (unpaired) electrons. The summed E-state index contributed by atoms with van der Waals surface area (Å²) in [4.78, 5) is 11.3. The molecular formula is C10H20N2O. The number of amides is 1. The molecule has 76 valence electrons. The van der Waals surface area contributed by atoms with Crippen LogP contribution in [0.15, 0.2) is 0 Å². The van der Waals surface area contributed by atoms with E-state index in [1.54, 1.807) is 0 Å². The zero-order valence-electron chi connectivity index (χ0n) is 8.38. The number of nitrogens with two attached hydrogens (primary N) is 1. The molecule has 0 heterocycles. The van der Waals surface area contributed by atoms with E-state index < -0.39 is 0 Å². The van der Waals surface area contributed by atoms with Gasteiger partial charge in [0.2, 0.25) is 5.91 Å². The fourth-order valence-electron chi connectivity index (χ4n) is 1.41. The highest BCUT2D eigenvalue weighted by Crippen LogP contribution is 2.25. The van der Waals surface area contributed by atoms with Gasteiger partial charge in [0.1, 0.15) is 0 Å². The maximum Gasteiger partial charge on any atom is 0.221 e. The minimum atomic E-state index is 0.0291. The van der Waals surface area contributed by atoms with Gasteiger partial charge in [-0.1, -0.05) is 13.3 Å². The van der Waals surface area contributed by atoms with Crippen molar-refractivity contribution in [3.8, 4) is 0 Å². The van der Waals surface area contributed by atoms with Gasteiger partial charge in [0.05, 0.1) is 0 Å². The zero-order valence-corrected chi connectivity index (χ0v) is 8.38. The van der Waals surface area contributed by atoms with E-state index in [2.05, 4.69) is 5.32 Å². The van der Waals surface area contributed by atoms with Crippen LogP contribution in [0.25, 0.3) is 0 Å². The predicted molar refractivity (Wildman–Crippen MR) is 53.2 cm³/mol. The van der Waals surface area contributed by atoms with Gasteiger partial charge in [0.15, 0.2) is 0 Å². The van der Waals surface area contributed by atoms with Crippen molar-refractivity contribution in [3.63, 3.8) is 0 Å². The van der Waals surface area contributed by atoms with Gasteiger partial charge >= 0.3 is 0 Å². The summed E-state index contributed by atoms with van der Waals surface area (Å²) in [6, 6.07) is 0.0291. The molecule has 1 amide bonds. The van der Waals surface area contributed by atoms with Gasteiger partial charge in [-0.25, -0.2) is 0 Å². The molecule has 0 aromatic carbocycles. The van der Waals surface area contributed by atoms with Crippen molar-refractivity contribution in [2.24, 2.45) is 11.7 Å². The minimum Gasteiger partial charge on any atom is -0.356 e. The summed E-state index contributed by atoms with van der Waals surface area (Å²) in [5, 5.41) is 2.93. The molecule has 1 aliphatic rings. The molecule has 3 nitrogen and oxygen atoms in total. The Hall–Kier alpha value is -0.570. The molecule has 0 bridgehead atoms. The third kappa shape index (κ3) is 3.77. The summed E-state index contributed by atoms with van der Waals surface area (Å²) >= 11 is 0. The van der Waals surface area contributed by atoms with Crippen LogP contribution in [0.5, 0.6) is 0 Å². The summed E-state index contributed by atoms with van der Waals surface area (Å²) in [6.45, 7) is 2.86. The Morgan fingerprint density at radius 2 is 2.31 bits per heavy atom. The van der Waals surface area contributed by atoms with Crippen molar-refractivity contribution in [2.45, 2.75) is 45.1 Å². The molecule has 0 spiro atoms. The molecule has 1 unspecified atom stereocenters. The SMILES string of the molecule is CCC(N)CC(=O)NCC1CCC1. The lowest BCUT2D eigenvalue weighted by atomic mass is 9.85. The normalized spacial score (nSPS) is 19.2. The Morgan fingerprint density at radius 3 is 2.77 bits per heavy atom. The van der Waals surface area contributed by atoms with Gasteiger partial charge in [0, 0.05) is 19.0 Å². The molecule has 3 N–H and O–H groups in total. The first kappa shape index (κ1) is 10.5. The Labute approximate surface area is 80.1 Å². The van der Waals surface area contributed by atoms with E-state index in [1.807, 2.05) is 6.92 Å². The van der Waals surface area contributed by atoms with Crippen molar-refractivity contribution in [2.75, 3.05) is 6.54 Å².